The Morgan fingerprint density at radius 2 is 1.04 bits per heavy atom. The molecule has 9 aromatic rings. The van der Waals surface area contributed by atoms with Crippen LogP contribution in [0.3, 0.4) is 0 Å². The highest BCUT2D eigenvalue weighted by Gasteiger charge is 2.35. The molecule has 11 rings (SSSR count). The van der Waals surface area contributed by atoms with E-state index >= 15 is 0 Å². The predicted molar refractivity (Wildman–Crippen MR) is 225 cm³/mol. The minimum atomic E-state index is 0.849. The van der Waals surface area contributed by atoms with E-state index in [2.05, 4.69) is 183 Å². The molecule has 0 spiro atoms. The lowest BCUT2D eigenvalue weighted by atomic mass is 9.86. The summed E-state index contributed by atoms with van der Waals surface area (Å²) >= 11 is 0. The third-order valence-electron chi connectivity index (χ3n) is 11.9. The standard InChI is InChI=1S/C52H37NO/c1-32-28-42-38-22-11-9-20-36(38)29-44(42)51(33(32)2)53(46-25-15-27-48-50(46)40-24-13-14-26-47(40)54-48)52-45-30-37-21-10-12-23-39(37)43(45)31-41(34-16-5-3-6-17-34)49(52)35-18-7-4-8-19-35/h3-28,31H,29-30H2,1-2H3. The zero-order valence-corrected chi connectivity index (χ0v) is 30.4. The first-order chi connectivity index (χ1) is 26.6. The van der Waals surface area contributed by atoms with Crippen LogP contribution in [-0.4, -0.2) is 0 Å². The van der Waals surface area contributed by atoms with Crippen LogP contribution in [0.2, 0.25) is 0 Å². The van der Waals surface area contributed by atoms with Gasteiger partial charge < -0.3 is 9.32 Å². The number of aryl methyl sites for hydroxylation is 1. The summed E-state index contributed by atoms with van der Waals surface area (Å²) in [6.07, 6.45) is 1.73. The second-order valence-corrected chi connectivity index (χ2v) is 14.9. The maximum atomic E-state index is 6.64. The van der Waals surface area contributed by atoms with Crippen molar-refractivity contribution in [2.45, 2.75) is 26.7 Å². The third kappa shape index (κ3) is 4.53. The molecule has 0 unspecified atom stereocenters. The molecule has 0 amide bonds. The van der Waals surface area contributed by atoms with E-state index < -0.39 is 0 Å². The fraction of sp³-hybridized carbons (Fsp3) is 0.0769. The van der Waals surface area contributed by atoms with E-state index in [0.717, 1.165) is 40.5 Å². The maximum Gasteiger partial charge on any atom is 0.137 e. The number of para-hydroxylation sites is 1. The summed E-state index contributed by atoms with van der Waals surface area (Å²) in [4.78, 5) is 2.66. The Morgan fingerprint density at radius 3 is 1.76 bits per heavy atom. The molecule has 2 aliphatic rings. The van der Waals surface area contributed by atoms with Gasteiger partial charge in [0.25, 0.3) is 0 Å². The van der Waals surface area contributed by atoms with Crippen molar-refractivity contribution in [3.05, 3.63) is 197 Å². The maximum absolute atomic E-state index is 6.64. The van der Waals surface area contributed by atoms with Gasteiger partial charge in [0.1, 0.15) is 11.2 Å². The highest BCUT2D eigenvalue weighted by Crippen LogP contribution is 2.57. The minimum Gasteiger partial charge on any atom is -0.456 e. The van der Waals surface area contributed by atoms with E-state index in [0.29, 0.717) is 0 Å². The summed E-state index contributed by atoms with van der Waals surface area (Å²) in [5.41, 5.74) is 23.6. The van der Waals surface area contributed by atoms with E-state index in [1.54, 1.807) is 0 Å². The van der Waals surface area contributed by atoms with Gasteiger partial charge >= 0.3 is 0 Å². The predicted octanol–water partition coefficient (Wildman–Crippen LogP) is 14.1. The molecule has 0 fully saturated rings. The van der Waals surface area contributed by atoms with Gasteiger partial charge in [0.05, 0.1) is 22.4 Å². The molecule has 2 aliphatic carbocycles. The summed E-state index contributed by atoms with van der Waals surface area (Å²) in [6, 6.07) is 60.0. The average Bonchev–Trinajstić information content (AvgIpc) is 3.91. The van der Waals surface area contributed by atoms with Crippen molar-refractivity contribution in [3.8, 4) is 44.5 Å². The molecule has 0 N–H and O–H groups in total. The van der Waals surface area contributed by atoms with Crippen LogP contribution in [0.1, 0.15) is 33.4 Å². The fourth-order valence-electron chi connectivity index (χ4n) is 9.34. The molecule has 1 aromatic heterocycles. The average molecular weight is 692 g/mol. The third-order valence-corrected chi connectivity index (χ3v) is 11.9. The molecule has 0 saturated carbocycles. The molecule has 2 heteroatoms. The van der Waals surface area contributed by atoms with Gasteiger partial charge in [-0.25, -0.2) is 0 Å². The SMILES string of the molecule is Cc1cc2c(c(N(c3c4c(cc(-c5ccccc5)c3-c3ccccc3)-c3ccccc3C4)c3cccc4oc5ccccc5c34)c1C)Cc1ccccc1-2. The molecule has 1 heterocycles. The Morgan fingerprint density at radius 1 is 0.463 bits per heavy atom. The number of hydrogen-bond acceptors (Lipinski definition) is 2. The number of furan rings is 1. The molecule has 0 atom stereocenters. The Hall–Kier alpha value is -6.64. The van der Waals surface area contributed by atoms with Crippen LogP contribution in [0, 0.1) is 13.8 Å². The monoisotopic (exact) mass is 691 g/mol. The number of rotatable bonds is 5. The van der Waals surface area contributed by atoms with E-state index in [-0.39, 0.29) is 0 Å². The van der Waals surface area contributed by atoms with Crippen LogP contribution in [0.5, 0.6) is 0 Å². The van der Waals surface area contributed by atoms with Gasteiger partial charge in [-0.1, -0.05) is 140 Å². The van der Waals surface area contributed by atoms with Crippen molar-refractivity contribution in [2.24, 2.45) is 0 Å². The van der Waals surface area contributed by atoms with Gasteiger partial charge in [0, 0.05) is 23.8 Å². The van der Waals surface area contributed by atoms with E-state index in [4.69, 9.17) is 4.42 Å². The minimum absolute atomic E-state index is 0.849. The summed E-state index contributed by atoms with van der Waals surface area (Å²) in [7, 11) is 0. The van der Waals surface area contributed by atoms with Crippen molar-refractivity contribution in [1.29, 1.82) is 0 Å². The van der Waals surface area contributed by atoms with Crippen LogP contribution in [0.4, 0.5) is 17.1 Å². The van der Waals surface area contributed by atoms with Crippen molar-refractivity contribution >= 4 is 39.0 Å². The molecule has 256 valence electrons. The highest BCUT2D eigenvalue weighted by atomic mass is 16.3. The van der Waals surface area contributed by atoms with E-state index in [1.165, 1.54) is 89.3 Å². The largest absolute Gasteiger partial charge is 0.456 e. The Labute approximate surface area is 315 Å². The van der Waals surface area contributed by atoms with Crippen LogP contribution in [0.25, 0.3) is 66.4 Å². The quantitative estimate of drug-likeness (QED) is 0.179. The second kappa shape index (κ2) is 11.9. The summed E-state index contributed by atoms with van der Waals surface area (Å²) in [5.74, 6) is 0. The summed E-state index contributed by atoms with van der Waals surface area (Å²) < 4.78 is 6.64. The molecule has 0 saturated heterocycles. The Kier molecular flexibility index (Phi) is 6.84. The van der Waals surface area contributed by atoms with Crippen molar-refractivity contribution in [2.75, 3.05) is 4.90 Å². The second-order valence-electron chi connectivity index (χ2n) is 14.9. The van der Waals surface area contributed by atoms with Crippen LogP contribution in [-0.2, 0) is 12.8 Å². The summed E-state index contributed by atoms with van der Waals surface area (Å²) in [6.45, 7) is 4.61. The molecule has 0 radical (unpaired) electrons. The van der Waals surface area contributed by atoms with Crippen molar-refractivity contribution < 1.29 is 4.42 Å². The number of nitrogens with zero attached hydrogens (tertiary/aromatic N) is 1. The zero-order chi connectivity index (χ0) is 35.9. The normalized spacial score (nSPS) is 12.5. The number of hydrogen-bond donors (Lipinski definition) is 0. The molecule has 8 aromatic carbocycles. The number of fused-ring (bicyclic) bond motifs is 9. The Bertz CT molecular complexity index is 2950. The number of anilines is 3. The van der Waals surface area contributed by atoms with Crippen LogP contribution >= 0.6 is 0 Å². The first-order valence-corrected chi connectivity index (χ1v) is 18.9. The van der Waals surface area contributed by atoms with Crippen molar-refractivity contribution in [3.63, 3.8) is 0 Å². The lowest BCUT2D eigenvalue weighted by Gasteiger charge is -2.35. The molecular weight excluding hydrogens is 655 g/mol. The molecule has 2 nitrogen and oxygen atoms in total. The van der Waals surface area contributed by atoms with E-state index in [9.17, 15) is 0 Å². The van der Waals surface area contributed by atoms with Gasteiger partial charge in [0.15, 0.2) is 0 Å². The smallest absolute Gasteiger partial charge is 0.137 e. The number of benzene rings is 8. The molecule has 0 aliphatic heterocycles. The Balaban J connectivity index is 1.36. The molecular formula is C52H37NO. The van der Waals surface area contributed by atoms with E-state index in [1.807, 2.05) is 0 Å². The highest BCUT2D eigenvalue weighted by molar-refractivity contribution is 6.15. The van der Waals surface area contributed by atoms with Crippen LogP contribution in [0.15, 0.2) is 168 Å². The van der Waals surface area contributed by atoms with Gasteiger partial charge in [-0.05, 0) is 110 Å². The van der Waals surface area contributed by atoms with Gasteiger partial charge in [-0.2, -0.15) is 0 Å². The first-order valence-electron chi connectivity index (χ1n) is 18.9. The van der Waals surface area contributed by atoms with Gasteiger partial charge in [-0.15, -0.1) is 0 Å². The zero-order valence-electron chi connectivity index (χ0n) is 30.4. The first kappa shape index (κ1) is 30.9. The molecule has 54 heavy (non-hydrogen) atoms. The van der Waals surface area contributed by atoms with Crippen molar-refractivity contribution in [1.82, 2.24) is 0 Å². The van der Waals surface area contributed by atoms with Crippen LogP contribution < -0.4 is 4.90 Å². The lowest BCUT2D eigenvalue weighted by molar-refractivity contribution is 0.669. The van der Waals surface area contributed by atoms with Gasteiger partial charge in [-0.3, -0.25) is 0 Å². The molecule has 0 bridgehead atoms. The van der Waals surface area contributed by atoms with Gasteiger partial charge in [0.2, 0.25) is 0 Å². The fourth-order valence-corrected chi connectivity index (χ4v) is 9.34. The lowest BCUT2D eigenvalue weighted by Crippen LogP contribution is -2.18. The summed E-state index contributed by atoms with van der Waals surface area (Å²) in [5, 5.41) is 2.25. The topological polar surface area (TPSA) is 16.4 Å².